The molecule has 18 heavy (non-hydrogen) atoms. The normalized spacial score (nSPS) is 12.6. The highest BCUT2D eigenvalue weighted by molar-refractivity contribution is 6.30. The maximum absolute atomic E-state index is 13.1. The van der Waals surface area contributed by atoms with E-state index >= 15 is 0 Å². The molecule has 0 bridgehead atoms. The van der Waals surface area contributed by atoms with Crippen LogP contribution in [0.5, 0.6) is 0 Å². The number of halogens is 2. The summed E-state index contributed by atoms with van der Waals surface area (Å²) < 4.78 is 13.1. The molecule has 0 aromatic heterocycles. The Morgan fingerprint density at radius 1 is 1.50 bits per heavy atom. The minimum absolute atomic E-state index is 0.0219. The van der Waals surface area contributed by atoms with Gasteiger partial charge < -0.3 is 10.4 Å². The maximum atomic E-state index is 13.1. The summed E-state index contributed by atoms with van der Waals surface area (Å²) in [4.78, 5) is 11.7. The average Bonchev–Trinajstić information content (AvgIpc) is 2.28. The Kier molecular flexibility index (Phi) is 5.56. The van der Waals surface area contributed by atoms with Gasteiger partial charge in [-0.25, -0.2) is 4.39 Å². The van der Waals surface area contributed by atoms with E-state index in [1.807, 2.05) is 13.8 Å². The van der Waals surface area contributed by atoms with Crippen molar-refractivity contribution in [3.05, 3.63) is 34.6 Å². The van der Waals surface area contributed by atoms with Crippen LogP contribution in [0.1, 0.15) is 30.6 Å². The van der Waals surface area contributed by atoms with Crippen LogP contribution in [-0.4, -0.2) is 23.7 Å². The van der Waals surface area contributed by atoms with Crippen molar-refractivity contribution in [1.29, 1.82) is 0 Å². The maximum Gasteiger partial charge on any atom is 0.251 e. The summed E-state index contributed by atoms with van der Waals surface area (Å²) in [5.41, 5.74) is 0.189. The van der Waals surface area contributed by atoms with Gasteiger partial charge in [0, 0.05) is 12.1 Å². The third-order valence-corrected chi connectivity index (χ3v) is 2.73. The van der Waals surface area contributed by atoms with Crippen LogP contribution in [0.4, 0.5) is 4.39 Å². The van der Waals surface area contributed by atoms with Gasteiger partial charge in [0.25, 0.3) is 5.91 Å². The SMILES string of the molecule is CC(C)CC(O)CNC(=O)c1ccc(Cl)c(F)c1. The molecule has 1 aromatic rings. The monoisotopic (exact) mass is 273 g/mol. The largest absolute Gasteiger partial charge is 0.391 e. The minimum Gasteiger partial charge on any atom is -0.391 e. The van der Waals surface area contributed by atoms with Gasteiger partial charge in [0.05, 0.1) is 11.1 Å². The van der Waals surface area contributed by atoms with Crippen LogP contribution in [0.25, 0.3) is 0 Å². The first-order valence-electron chi connectivity index (χ1n) is 5.81. The van der Waals surface area contributed by atoms with E-state index in [0.717, 1.165) is 6.07 Å². The summed E-state index contributed by atoms with van der Waals surface area (Å²) >= 11 is 5.52. The van der Waals surface area contributed by atoms with Crippen molar-refractivity contribution in [2.24, 2.45) is 5.92 Å². The van der Waals surface area contributed by atoms with E-state index < -0.39 is 17.8 Å². The molecule has 0 saturated carbocycles. The van der Waals surface area contributed by atoms with Crippen molar-refractivity contribution < 1.29 is 14.3 Å². The molecule has 1 aromatic carbocycles. The van der Waals surface area contributed by atoms with Crippen LogP contribution in [0.2, 0.25) is 5.02 Å². The van der Waals surface area contributed by atoms with E-state index in [2.05, 4.69) is 5.32 Å². The lowest BCUT2D eigenvalue weighted by Crippen LogP contribution is -2.32. The fourth-order valence-electron chi connectivity index (χ4n) is 1.58. The van der Waals surface area contributed by atoms with Crippen molar-refractivity contribution in [3.8, 4) is 0 Å². The second kappa shape index (κ2) is 6.71. The molecule has 1 rings (SSSR count). The van der Waals surface area contributed by atoms with Gasteiger partial charge in [-0.3, -0.25) is 4.79 Å². The number of aliphatic hydroxyl groups excluding tert-OH is 1. The summed E-state index contributed by atoms with van der Waals surface area (Å²) in [6.45, 7) is 4.13. The number of aliphatic hydroxyl groups is 1. The topological polar surface area (TPSA) is 49.3 Å². The van der Waals surface area contributed by atoms with E-state index in [-0.39, 0.29) is 17.1 Å². The van der Waals surface area contributed by atoms with Gasteiger partial charge in [-0.05, 0) is 30.5 Å². The Hall–Kier alpha value is -1.13. The van der Waals surface area contributed by atoms with Crippen molar-refractivity contribution in [2.45, 2.75) is 26.4 Å². The molecule has 0 spiro atoms. The minimum atomic E-state index is -0.632. The van der Waals surface area contributed by atoms with E-state index in [9.17, 15) is 14.3 Å². The van der Waals surface area contributed by atoms with Gasteiger partial charge in [-0.1, -0.05) is 25.4 Å². The van der Waals surface area contributed by atoms with Crippen molar-refractivity contribution in [1.82, 2.24) is 5.32 Å². The fraction of sp³-hybridized carbons (Fsp3) is 0.462. The molecule has 0 heterocycles. The van der Waals surface area contributed by atoms with Crippen LogP contribution in [0.3, 0.4) is 0 Å². The Balaban J connectivity index is 2.52. The van der Waals surface area contributed by atoms with Gasteiger partial charge >= 0.3 is 0 Å². The first-order valence-corrected chi connectivity index (χ1v) is 6.19. The molecule has 1 amide bonds. The van der Waals surface area contributed by atoms with Gasteiger partial charge in [0.2, 0.25) is 0 Å². The Bertz CT molecular complexity index is 423. The number of benzene rings is 1. The number of hydrogen-bond acceptors (Lipinski definition) is 2. The van der Waals surface area contributed by atoms with Gasteiger partial charge in [-0.15, -0.1) is 0 Å². The molecule has 0 aliphatic heterocycles. The van der Waals surface area contributed by atoms with E-state index in [1.54, 1.807) is 0 Å². The lowest BCUT2D eigenvalue weighted by atomic mass is 10.1. The van der Waals surface area contributed by atoms with Crippen LogP contribution >= 0.6 is 11.6 Å². The highest BCUT2D eigenvalue weighted by Crippen LogP contribution is 2.15. The third-order valence-electron chi connectivity index (χ3n) is 2.42. The van der Waals surface area contributed by atoms with Crippen molar-refractivity contribution in [3.63, 3.8) is 0 Å². The zero-order chi connectivity index (χ0) is 13.7. The number of nitrogens with one attached hydrogen (secondary N) is 1. The summed E-state index contributed by atoms with van der Waals surface area (Å²) in [7, 11) is 0. The fourth-order valence-corrected chi connectivity index (χ4v) is 1.69. The van der Waals surface area contributed by atoms with E-state index in [4.69, 9.17) is 11.6 Å². The Morgan fingerprint density at radius 2 is 2.17 bits per heavy atom. The molecular formula is C13H17ClFNO2. The van der Waals surface area contributed by atoms with Crippen molar-refractivity contribution in [2.75, 3.05) is 6.54 Å². The molecule has 0 saturated heterocycles. The van der Waals surface area contributed by atoms with Gasteiger partial charge in [0.1, 0.15) is 5.82 Å². The number of amides is 1. The molecule has 1 atom stereocenters. The lowest BCUT2D eigenvalue weighted by Gasteiger charge is -2.13. The first kappa shape index (κ1) is 14.9. The predicted molar refractivity (Wildman–Crippen MR) is 69.2 cm³/mol. The molecular weight excluding hydrogens is 257 g/mol. The molecule has 0 aliphatic carbocycles. The molecule has 100 valence electrons. The van der Waals surface area contributed by atoms with Gasteiger partial charge in [-0.2, -0.15) is 0 Å². The quantitative estimate of drug-likeness (QED) is 0.866. The third kappa shape index (κ3) is 4.63. The summed E-state index contributed by atoms with van der Waals surface area (Å²) in [5, 5.41) is 12.1. The molecule has 1 unspecified atom stereocenters. The van der Waals surface area contributed by atoms with Gasteiger partial charge in [0.15, 0.2) is 0 Å². The Labute approximate surface area is 111 Å². The lowest BCUT2D eigenvalue weighted by molar-refractivity contribution is 0.0900. The average molecular weight is 274 g/mol. The van der Waals surface area contributed by atoms with Crippen LogP contribution in [0, 0.1) is 11.7 Å². The van der Waals surface area contributed by atoms with E-state index in [1.165, 1.54) is 12.1 Å². The second-order valence-electron chi connectivity index (χ2n) is 4.62. The summed E-state index contributed by atoms with van der Waals surface area (Å²) in [6.07, 6.45) is 0.0148. The number of carbonyl (C=O) groups excluding carboxylic acids is 1. The molecule has 0 fully saturated rings. The first-order chi connectivity index (χ1) is 8.40. The zero-order valence-corrected chi connectivity index (χ0v) is 11.2. The number of carbonyl (C=O) groups is 1. The predicted octanol–water partition coefficient (Wildman–Crippen LogP) is 2.62. The van der Waals surface area contributed by atoms with Crippen LogP contribution < -0.4 is 5.32 Å². The van der Waals surface area contributed by atoms with Crippen molar-refractivity contribution >= 4 is 17.5 Å². The standard InChI is InChI=1S/C13H17ClFNO2/c1-8(2)5-10(17)7-16-13(18)9-3-4-11(14)12(15)6-9/h3-4,6,8,10,17H,5,7H2,1-2H3,(H,16,18). The zero-order valence-electron chi connectivity index (χ0n) is 10.4. The molecule has 3 nitrogen and oxygen atoms in total. The number of hydrogen-bond donors (Lipinski definition) is 2. The van der Waals surface area contributed by atoms with E-state index in [0.29, 0.717) is 12.3 Å². The highest BCUT2D eigenvalue weighted by Gasteiger charge is 2.11. The van der Waals surface area contributed by atoms with Crippen LogP contribution in [0.15, 0.2) is 18.2 Å². The van der Waals surface area contributed by atoms with Crippen LogP contribution in [-0.2, 0) is 0 Å². The summed E-state index contributed by atoms with van der Waals surface area (Å²) in [5.74, 6) is -0.703. The second-order valence-corrected chi connectivity index (χ2v) is 5.03. The highest BCUT2D eigenvalue weighted by atomic mass is 35.5. The summed E-state index contributed by atoms with van der Waals surface area (Å²) in [6, 6.07) is 3.85. The molecule has 0 aliphatic rings. The number of rotatable bonds is 5. The molecule has 5 heteroatoms. The smallest absolute Gasteiger partial charge is 0.251 e. The molecule has 0 radical (unpaired) electrons. The molecule has 2 N–H and O–H groups in total. The Morgan fingerprint density at radius 3 is 2.72 bits per heavy atom.